The molecule has 120 valence electrons. The van der Waals surface area contributed by atoms with Crippen molar-refractivity contribution in [2.24, 2.45) is 4.99 Å². The number of nitrogens with one attached hydrogen (secondary N) is 1. The van der Waals surface area contributed by atoms with Crippen molar-refractivity contribution in [3.05, 3.63) is 39.9 Å². The Hall–Kier alpha value is -2.44. The van der Waals surface area contributed by atoms with Crippen molar-refractivity contribution in [2.45, 2.75) is 19.8 Å². The summed E-state index contributed by atoms with van der Waals surface area (Å²) in [6.07, 6.45) is 3.66. The van der Waals surface area contributed by atoms with Crippen LogP contribution in [0.4, 0.5) is 10.5 Å². The average molecular weight is 306 g/mol. The molecule has 1 N–H and O–H groups in total. The average Bonchev–Trinajstić information content (AvgIpc) is 2.51. The molecule has 22 heavy (non-hydrogen) atoms. The number of likely N-dealkylation sites (N-methyl/N-ethyl adjacent to an activating group) is 1. The van der Waals surface area contributed by atoms with Gasteiger partial charge in [0.05, 0.1) is 11.5 Å². The van der Waals surface area contributed by atoms with E-state index in [4.69, 9.17) is 0 Å². The van der Waals surface area contributed by atoms with E-state index in [1.54, 1.807) is 30.3 Å². The number of carbonyl (C=O) groups excluding carboxylic acids is 1. The Bertz CT molecular complexity index is 514. The van der Waals surface area contributed by atoms with Crippen LogP contribution >= 0.6 is 0 Å². The molecule has 0 atom stereocenters. The summed E-state index contributed by atoms with van der Waals surface area (Å²) in [6, 6.07) is 6.06. The fraction of sp³-hybridized carbons (Fsp3) is 0.467. The second kappa shape index (κ2) is 9.49. The van der Waals surface area contributed by atoms with Gasteiger partial charge in [0, 0.05) is 38.5 Å². The highest BCUT2D eigenvalue weighted by Gasteiger charge is 2.06. The van der Waals surface area contributed by atoms with E-state index >= 15 is 0 Å². The summed E-state index contributed by atoms with van der Waals surface area (Å²) in [7, 11) is 1.72. The normalized spacial score (nSPS) is 10.6. The van der Waals surface area contributed by atoms with E-state index < -0.39 is 4.92 Å². The highest BCUT2D eigenvalue weighted by Crippen LogP contribution is 2.10. The second-order valence-corrected chi connectivity index (χ2v) is 4.89. The van der Waals surface area contributed by atoms with Gasteiger partial charge in [-0.2, -0.15) is 0 Å². The van der Waals surface area contributed by atoms with Crippen LogP contribution in [0.15, 0.2) is 29.3 Å². The van der Waals surface area contributed by atoms with E-state index in [0.717, 1.165) is 18.4 Å². The highest BCUT2D eigenvalue weighted by atomic mass is 16.6. The summed E-state index contributed by atoms with van der Waals surface area (Å²) >= 11 is 0. The maximum absolute atomic E-state index is 11.7. The summed E-state index contributed by atoms with van der Waals surface area (Å²) in [5, 5.41) is 13.4. The van der Waals surface area contributed by atoms with Crippen molar-refractivity contribution >= 4 is 17.9 Å². The van der Waals surface area contributed by atoms with Gasteiger partial charge in [0.25, 0.3) is 5.69 Å². The van der Waals surface area contributed by atoms with Crippen LogP contribution in [0.3, 0.4) is 0 Å². The molecule has 1 aromatic carbocycles. The van der Waals surface area contributed by atoms with E-state index in [1.165, 1.54) is 12.1 Å². The third-order valence-electron chi connectivity index (χ3n) is 3.06. The van der Waals surface area contributed by atoms with Crippen LogP contribution < -0.4 is 5.32 Å². The lowest BCUT2D eigenvalue weighted by Gasteiger charge is -2.16. The van der Waals surface area contributed by atoms with E-state index in [2.05, 4.69) is 17.2 Å². The number of amides is 2. The van der Waals surface area contributed by atoms with Gasteiger partial charge in [0.1, 0.15) is 0 Å². The smallest absolute Gasteiger partial charge is 0.317 e. The number of nitro groups is 1. The number of benzene rings is 1. The Morgan fingerprint density at radius 3 is 2.68 bits per heavy atom. The fourth-order valence-corrected chi connectivity index (χ4v) is 1.67. The van der Waals surface area contributed by atoms with Crippen molar-refractivity contribution in [2.75, 3.05) is 26.7 Å². The molecule has 0 aliphatic rings. The van der Waals surface area contributed by atoms with E-state index in [9.17, 15) is 14.9 Å². The molecule has 0 heterocycles. The molecule has 0 bridgehead atoms. The molecule has 7 heteroatoms. The molecule has 0 fully saturated rings. The van der Waals surface area contributed by atoms with Gasteiger partial charge >= 0.3 is 6.03 Å². The number of nitro benzene ring substituents is 1. The molecule has 0 saturated heterocycles. The van der Waals surface area contributed by atoms with Crippen LogP contribution in [-0.4, -0.2) is 48.8 Å². The summed E-state index contributed by atoms with van der Waals surface area (Å²) in [4.78, 5) is 27.6. The van der Waals surface area contributed by atoms with Gasteiger partial charge in [-0.25, -0.2) is 4.79 Å². The van der Waals surface area contributed by atoms with Gasteiger partial charge in [-0.15, -0.1) is 0 Å². The van der Waals surface area contributed by atoms with Crippen LogP contribution in [0, 0.1) is 10.1 Å². The van der Waals surface area contributed by atoms with Crippen LogP contribution in [0.2, 0.25) is 0 Å². The Labute approximate surface area is 130 Å². The van der Waals surface area contributed by atoms with Gasteiger partial charge in [-0.1, -0.05) is 13.3 Å². The van der Waals surface area contributed by atoms with Gasteiger partial charge in [0.15, 0.2) is 0 Å². The summed E-state index contributed by atoms with van der Waals surface area (Å²) in [6.45, 7) is 3.75. The topological polar surface area (TPSA) is 87.8 Å². The van der Waals surface area contributed by atoms with Crippen molar-refractivity contribution in [1.29, 1.82) is 0 Å². The monoisotopic (exact) mass is 306 g/mol. The Morgan fingerprint density at radius 1 is 1.41 bits per heavy atom. The van der Waals surface area contributed by atoms with Crippen molar-refractivity contribution in [3.63, 3.8) is 0 Å². The third-order valence-corrected chi connectivity index (χ3v) is 3.06. The quantitative estimate of drug-likeness (QED) is 0.346. The standard InChI is InChI=1S/C15H22N4O3/c1-3-4-9-17-15(20)18(2)11-10-16-12-13-5-7-14(8-6-13)19(21)22/h5-8,12H,3-4,9-11H2,1-2H3,(H,17,20). The Morgan fingerprint density at radius 2 is 2.09 bits per heavy atom. The van der Waals surface area contributed by atoms with E-state index in [0.29, 0.717) is 19.6 Å². The first-order chi connectivity index (χ1) is 10.5. The predicted molar refractivity (Wildman–Crippen MR) is 86.5 cm³/mol. The number of rotatable bonds is 8. The van der Waals surface area contributed by atoms with Gasteiger partial charge < -0.3 is 10.2 Å². The van der Waals surface area contributed by atoms with Crippen LogP contribution in [0.25, 0.3) is 0 Å². The molecule has 0 aliphatic heterocycles. The molecule has 7 nitrogen and oxygen atoms in total. The first-order valence-electron chi connectivity index (χ1n) is 7.28. The van der Waals surface area contributed by atoms with Gasteiger partial charge in [-0.05, 0) is 24.1 Å². The zero-order valence-corrected chi connectivity index (χ0v) is 13.0. The number of aliphatic imine (C=N–C) groups is 1. The summed E-state index contributed by atoms with van der Waals surface area (Å²) < 4.78 is 0. The van der Waals surface area contributed by atoms with Crippen molar-refractivity contribution in [3.8, 4) is 0 Å². The van der Waals surface area contributed by atoms with Crippen molar-refractivity contribution < 1.29 is 9.72 Å². The SMILES string of the molecule is CCCCNC(=O)N(C)CCN=Cc1ccc([N+](=O)[O-])cc1. The molecule has 0 saturated carbocycles. The minimum absolute atomic E-state index is 0.0561. The third kappa shape index (κ3) is 6.34. The van der Waals surface area contributed by atoms with Gasteiger partial charge in [0.2, 0.25) is 0 Å². The van der Waals surface area contributed by atoms with E-state index in [1.807, 2.05) is 0 Å². The van der Waals surface area contributed by atoms with Crippen molar-refractivity contribution in [1.82, 2.24) is 10.2 Å². The number of hydrogen-bond acceptors (Lipinski definition) is 4. The lowest BCUT2D eigenvalue weighted by molar-refractivity contribution is -0.384. The minimum Gasteiger partial charge on any atom is -0.338 e. The number of nitrogens with zero attached hydrogens (tertiary/aromatic N) is 3. The summed E-state index contributed by atoms with van der Waals surface area (Å²) in [5.41, 5.74) is 0.848. The number of urea groups is 1. The number of hydrogen-bond donors (Lipinski definition) is 1. The molecule has 0 unspecified atom stereocenters. The van der Waals surface area contributed by atoms with Crippen LogP contribution in [-0.2, 0) is 0 Å². The number of unbranched alkanes of at least 4 members (excludes halogenated alkanes) is 1. The zero-order chi connectivity index (χ0) is 16.4. The first kappa shape index (κ1) is 17.6. The molecule has 1 aromatic rings. The Balaban J connectivity index is 2.33. The molecule has 0 radical (unpaired) electrons. The summed E-state index contributed by atoms with van der Waals surface area (Å²) in [5.74, 6) is 0. The molecule has 0 aromatic heterocycles. The van der Waals surface area contributed by atoms with Crippen LogP contribution in [0.5, 0.6) is 0 Å². The molecular weight excluding hydrogens is 284 g/mol. The molecule has 0 aliphatic carbocycles. The first-order valence-corrected chi connectivity index (χ1v) is 7.28. The zero-order valence-electron chi connectivity index (χ0n) is 13.0. The lowest BCUT2D eigenvalue weighted by atomic mass is 10.2. The van der Waals surface area contributed by atoms with E-state index in [-0.39, 0.29) is 11.7 Å². The van der Waals surface area contributed by atoms with Crippen LogP contribution in [0.1, 0.15) is 25.3 Å². The molecule has 2 amide bonds. The minimum atomic E-state index is -0.437. The maximum atomic E-state index is 11.7. The van der Waals surface area contributed by atoms with Gasteiger partial charge in [-0.3, -0.25) is 15.1 Å². The fourth-order valence-electron chi connectivity index (χ4n) is 1.67. The maximum Gasteiger partial charge on any atom is 0.317 e. The molecular formula is C15H22N4O3. The lowest BCUT2D eigenvalue weighted by Crippen LogP contribution is -2.38. The number of non-ortho nitro benzene ring substituents is 1. The molecule has 1 rings (SSSR count). The number of carbonyl (C=O) groups is 1. The second-order valence-electron chi connectivity index (χ2n) is 4.89. The largest absolute Gasteiger partial charge is 0.338 e. The highest BCUT2D eigenvalue weighted by molar-refractivity contribution is 5.80. The Kier molecular flexibility index (Phi) is 7.60. The molecule has 0 spiro atoms. The predicted octanol–water partition coefficient (Wildman–Crippen LogP) is 2.46.